The highest BCUT2D eigenvalue weighted by Crippen LogP contribution is 2.47. The summed E-state index contributed by atoms with van der Waals surface area (Å²) in [7, 11) is 1.79. The zero-order valence-corrected chi connectivity index (χ0v) is 21.1. The van der Waals surface area contributed by atoms with Gasteiger partial charge in [0.05, 0.1) is 5.39 Å². The molecule has 0 saturated heterocycles. The molecular formula is C24H34N4O5S. The second kappa shape index (κ2) is 9.65. The number of thiophene rings is 1. The van der Waals surface area contributed by atoms with Gasteiger partial charge in [-0.15, -0.1) is 11.3 Å². The number of carbonyl (C=O) groups is 2. The number of nitrogens with zero attached hydrogens (tertiary/aromatic N) is 3. The van der Waals surface area contributed by atoms with Crippen LogP contribution in [0, 0.1) is 0 Å². The molecule has 34 heavy (non-hydrogen) atoms. The van der Waals surface area contributed by atoms with E-state index in [0.29, 0.717) is 12.3 Å². The number of carbonyl (C=O) groups excluding carboxylic acids is 2. The largest absolute Gasteiger partial charge is 0.474 e. The number of fused-ring (bicyclic) bond motifs is 3. The van der Waals surface area contributed by atoms with Gasteiger partial charge in [-0.05, 0) is 77.2 Å². The molecule has 4 rings (SSSR count). The first-order chi connectivity index (χ1) is 16.0. The molecule has 10 heteroatoms. The fraction of sp³-hybridized carbons (Fsp3) is 0.667. The predicted molar refractivity (Wildman–Crippen MR) is 129 cm³/mol. The number of rotatable bonds is 6. The summed E-state index contributed by atoms with van der Waals surface area (Å²) in [5, 5.41) is 11.0. The van der Waals surface area contributed by atoms with Crippen molar-refractivity contribution in [2.45, 2.75) is 95.5 Å². The monoisotopic (exact) mass is 490 g/mol. The highest BCUT2D eigenvalue weighted by Gasteiger charge is 2.34. The first kappa shape index (κ1) is 24.7. The molecule has 0 bridgehead atoms. The molecule has 1 fully saturated rings. The Balaban J connectivity index is 1.45. The van der Waals surface area contributed by atoms with Gasteiger partial charge in [-0.1, -0.05) is 0 Å². The Hall–Kier alpha value is -2.46. The van der Waals surface area contributed by atoms with Crippen LogP contribution in [-0.2, 0) is 16.0 Å². The van der Waals surface area contributed by atoms with E-state index in [0.717, 1.165) is 54.3 Å². The highest BCUT2D eigenvalue weighted by atomic mass is 32.1. The number of aliphatic hydroxyl groups excluding tert-OH is 1. The van der Waals surface area contributed by atoms with Crippen LogP contribution >= 0.6 is 11.3 Å². The Bertz CT molecular complexity index is 1060. The molecular weight excluding hydrogens is 456 g/mol. The van der Waals surface area contributed by atoms with E-state index in [4.69, 9.17) is 15.2 Å². The Morgan fingerprint density at radius 1 is 1.24 bits per heavy atom. The lowest BCUT2D eigenvalue weighted by atomic mass is 9.92. The summed E-state index contributed by atoms with van der Waals surface area (Å²) in [6.45, 7) is 5.60. The summed E-state index contributed by atoms with van der Waals surface area (Å²) in [5.41, 5.74) is 5.86. The summed E-state index contributed by atoms with van der Waals surface area (Å²) < 4.78 is 11.9. The molecule has 2 aromatic heterocycles. The molecule has 2 heterocycles. The van der Waals surface area contributed by atoms with Crippen molar-refractivity contribution in [2.75, 3.05) is 7.05 Å². The van der Waals surface area contributed by atoms with E-state index in [1.54, 1.807) is 23.3 Å². The van der Waals surface area contributed by atoms with Crippen molar-refractivity contribution in [3.8, 4) is 5.88 Å². The minimum atomic E-state index is -1.17. The Morgan fingerprint density at radius 2 is 1.94 bits per heavy atom. The van der Waals surface area contributed by atoms with Gasteiger partial charge in [0.1, 0.15) is 29.0 Å². The summed E-state index contributed by atoms with van der Waals surface area (Å²) in [5.74, 6) is -0.112. The van der Waals surface area contributed by atoms with Crippen LogP contribution in [0.2, 0.25) is 0 Å². The van der Waals surface area contributed by atoms with Gasteiger partial charge >= 0.3 is 6.09 Å². The van der Waals surface area contributed by atoms with Crippen molar-refractivity contribution >= 4 is 33.6 Å². The maximum atomic E-state index is 12.4. The number of aryl methyl sites for hydroxylation is 1. The van der Waals surface area contributed by atoms with Gasteiger partial charge in [0.15, 0.2) is 0 Å². The molecule has 0 radical (unpaired) electrons. The van der Waals surface area contributed by atoms with Crippen LogP contribution in [0.5, 0.6) is 5.88 Å². The van der Waals surface area contributed by atoms with Gasteiger partial charge in [0, 0.05) is 18.0 Å². The number of aliphatic hydroxyl groups is 1. The van der Waals surface area contributed by atoms with E-state index >= 15 is 0 Å². The van der Waals surface area contributed by atoms with Gasteiger partial charge in [-0.25, -0.2) is 14.8 Å². The molecule has 0 aromatic carbocycles. The Kier molecular flexibility index (Phi) is 7.00. The minimum absolute atomic E-state index is 0.00648. The van der Waals surface area contributed by atoms with Crippen molar-refractivity contribution < 1.29 is 24.2 Å². The van der Waals surface area contributed by atoms with Crippen molar-refractivity contribution in [2.24, 2.45) is 5.73 Å². The molecule has 2 atom stereocenters. The fourth-order valence-electron chi connectivity index (χ4n) is 4.94. The van der Waals surface area contributed by atoms with E-state index in [1.165, 1.54) is 11.2 Å². The number of amides is 2. The first-order valence-electron chi connectivity index (χ1n) is 11.9. The van der Waals surface area contributed by atoms with E-state index in [-0.39, 0.29) is 24.2 Å². The van der Waals surface area contributed by atoms with E-state index < -0.39 is 17.6 Å². The maximum Gasteiger partial charge on any atom is 0.410 e. The second-order valence-electron chi connectivity index (χ2n) is 10.3. The van der Waals surface area contributed by atoms with Crippen LogP contribution in [0.4, 0.5) is 4.79 Å². The van der Waals surface area contributed by atoms with E-state index in [1.807, 2.05) is 20.8 Å². The standard InChI is InChI=1S/C24H34N4O5S/c1-24(2,3)33-23(31)28(4)14-6-8-15(9-7-14)32-21-19-18-13(11-16(29)20(25)30)5-10-17(18)34-22(19)27-12-26-21/h12-16,29H,5-11H2,1-4H3,(H2,25,30)/t13-,14?,15?,16?/m1/s1. The molecule has 3 N–H and O–H groups in total. The lowest BCUT2D eigenvalue weighted by molar-refractivity contribution is -0.126. The third-order valence-electron chi connectivity index (χ3n) is 6.68. The summed E-state index contributed by atoms with van der Waals surface area (Å²) in [4.78, 5) is 36.5. The minimum Gasteiger partial charge on any atom is -0.474 e. The van der Waals surface area contributed by atoms with Gasteiger partial charge in [-0.3, -0.25) is 4.79 Å². The molecule has 2 aliphatic carbocycles. The van der Waals surface area contributed by atoms with Crippen molar-refractivity contribution in [3.05, 3.63) is 16.8 Å². The number of aromatic nitrogens is 2. The Morgan fingerprint density at radius 3 is 2.59 bits per heavy atom. The molecule has 9 nitrogen and oxygen atoms in total. The van der Waals surface area contributed by atoms with Crippen LogP contribution in [0.3, 0.4) is 0 Å². The lowest BCUT2D eigenvalue weighted by Crippen LogP contribution is -2.43. The quantitative estimate of drug-likeness (QED) is 0.634. The zero-order chi connectivity index (χ0) is 24.6. The number of nitrogens with two attached hydrogens (primary N) is 1. The fourth-order valence-corrected chi connectivity index (χ4v) is 6.17. The summed E-state index contributed by atoms with van der Waals surface area (Å²) in [6.07, 6.45) is 5.35. The topological polar surface area (TPSA) is 128 Å². The first-order valence-corrected chi connectivity index (χ1v) is 12.7. The summed E-state index contributed by atoms with van der Waals surface area (Å²) >= 11 is 1.63. The van der Waals surface area contributed by atoms with E-state index in [9.17, 15) is 14.7 Å². The average molecular weight is 491 g/mol. The van der Waals surface area contributed by atoms with E-state index in [2.05, 4.69) is 9.97 Å². The maximum absolute atomic E-state index is 12.4. The number of ether oxygens (including phenoxy) is 2. The van der Waals surface area contributed by atoms with Crippen molar-refractivity contribution in [1.82, 2.24) is 14.9 Å². The molecule has 1 saturated carbocycles. The zero-order valence-electron chi connectivity index (χ0n) is 20.2. The second-order valence-corrected chi connectivity index (χ2v) is 11.4. The van der Waals surface area contributed by atoms with Gasteiger partial charge in [-0.2, -0.15) is 0 Å². The van der Waals surface area contributed by atoms with Crippen LogP contribution in [0.25, 0.3) is 10.2 Å². The smallest absolute Gasteiger partial charge is 0.410 e. The molecule has 2 aromatic rings. The SMILES string of the molecule is CN(C(=O)OC(C)(C)C)C1CCC(Oc2ncnc3sc4c(c23)[C@@H](CC(O)C(N)=O)CC4)CC1. The van der Waals surface area contributed by atoms with Gasteiger partial charge < -0.3 is 25.2 Å². The molecule has 2 amide bonds. The van der Waals surface area contributed by atoms with Gasteiger partial charge in [0.25, 0.3) is 0 Å². The third kappa shape index (κ3) is 5.27. The van der Waals surface area contributed by atoms with Crippen LogP contribution < -0.4 is 10.5 Å². The van der Waals surface area contributed by atoms with Crippen LogP contribution in [0.15, 0.2) is 6.33 Å². The normalized spacial score (nSPS) is 23.4. The van der Waals surface area contributed by atoms with Crippen molar-refractivity contribution in [3.63, 3.8) is 0 Å². The Labute approximate surface area is 203 Å². The molecule has 186 valence electrons. The highest BCUT2D eigenvalue weighted by molar-refractivity contribution is 7.19. The van der Waals surface area contributed by atoms with Crippen LogP contribution in [0.1, 0.15) is 75.7 Å². The van der Waals surface area contributed by atoms with Crippen LogP contribution in [-0.4, -0.2) is 62.9 Å². The molecule has 1 unspecified atom stereocenters. The summed E-state index contributed by atoms with van der Waals surface area (Å²) in [6, 6.07) is 0.116. The predicted octanol–water partition coefficient (Wildman–Crippen LogP) is 3.51. The molecule has 2 aliphatic rings. The lowest BCUT2D eigenvalue weighted by Gasteiger charge is -2.35. The number of hydrogen-bond donors (Lipinski definition) is 2. The number of hydrogen-bond acceptors (Lipinski definition) is 8. The molecule has 0 aliphatic heterocycles. The van der Waals surface area contributed by atoms with Gasteiger partial charge in [0.2, 0.25) is 11.8 Å². The van der Waals surface area contributed by atoms with Crippen molar-refractivity contribution in [1.29, 1.82) is 0 Å². The molecule has 0 spiro atoms. The number of primary amides is 1. The third-order valence-corrected chi connectivity index (χ3v) is 7.86. The average Bonchev–Trinajstić information content (AvgIpc) is 3.32.